The van der Waals surface area contributed by atoms with Crippen LogP contribution in [-0.2, 0) is 6.42 Å². The quantitative estimate of drug-likeness (QED) is 0.796. The standard InChI is InChI=1S/C12H15Cl2N5/c1-7-17-11(15)19-12(18-7)16-5-4-8-2-3-9(13)10(14)6-8/h2-3,6-7H,4-5H2,1H3,(H4,15,16,17,18,19). The van der Waals surface area contributed by atoms with Crippen LogP contribution >= 0.6 is 23.2 Å². The Morgan fingerprint density at radius 3 is 2.79 bits per heavy atom. The first kappa shape index (κ1) is 14.0. The topological polar surface area (TPSA) is 74.8 Å². The van der Waals surface area contributed by atoms with Crippen LogP contribution in [0.25, 0.3) is 0 Å². The molecule has 4 N–H and O–H groups in total. The lowest BCUT2D eigenvalue weighted by Crippen LogP contribution is -2.48. The number of hydrogen-bond donors (Lipinski definition) is 3. The number of benzene rings is 1. The van der Waals surface area contributed by atoms with Gasteiger partial charge < -0.3 is 11.1 Å². The van der Waals surface area contributed by atoms with Crippen LogP contribution < -0.4 is 16.4 Å². The van der Waals surface area contributed by atoms with Gasteiger partial charge in [-0.05, 0) is 31.0 Å². The second kappa shape index (κ2) is 6.12. The summed E-state index contributed by atoms with van der Waals surface area (Å²) in [4.78, 5) is 8.32. The fourth-order valence-corrected chi connectivity index (χ4v) is 2.03. The molecule has 1 aromatic carbocycles. The first-order valence-corrected chi connectivity index (χ1v) is 6.66. The van der Waals surface area contributed by atoms with E-state index in [0.717, 1.165) is 12.0 Å². The number of halogens is 2. The van der Waals surface area contributed by atoms with Gasteiger partial charge in [0.1, 0.15) is 6.17 Å². The number of nitrogens with one attached hydrogen (secondary N) is 2. The number of nitrogens with two attached hydrogens (primary N) is 1. The van der Waals surface area contributed by atoms with E-state index in [1.807, 2.05) is 19.1 Å². The molecule has 7 heteroatoms. The van der Waals surface area contributed by atoms with Crippen LogP contribution in [0.2, 0.25) is 10.0 Å². The zero-order chi connectivity index (χ0) is 13.8. The van der Waals surface area contributed by atoms with Crippen molar-refractivity contribution in [3.05, 3.63) is 33.8 Å². The summed E-state index contributed by atoms with van der Waals surface area (Å²) >= 11 is 11.8. The lowest BCUT2D eigenvalue weighted by Gasteiger charge is -2.17. The number of aliphatic imine (C=N–C) groups is 2. The zero-order valence-corrected chi connectivity index (χ0v) is 12.0. The van der Waals surface area contributed by atoms with Crippen LogP contribution in [0, 0.1) is 0 Å². The fraction of sp³-hybridized carbons (Fsp3) is 0.333. The van der Waals surface area contributed by atoms with Gasteiger partial charge in [-0.2, -0.15) is 0 Å². The number of nitrogens with zero attached hydrogens (tertiary/aromatic N) is 2. The third-order valence-corrected chi connectivity index (χ3v) is 3.32. The summed E-state index contributed by atoms with van der Waals surface area (Å²) in [5.74, 6) is 1.01. The molecule has 1 heterocycles. The van der Waals surface area contributed by atoms with E-state index in [1.54, 1.807) is 6.07 Å². The molecule has 0 radical (unpaired) electrons. The summed E-state index contributed by atoms with van der Waals surface area (Å²) in [7, 11) is 0. The minimum atomic E-state index is -0.159. The number of rotatable bonds is 3. The highest BCUT2D eigenvalue weighted by Gasteiger charge is 2.09. The molecule has 102 valence electrons. The molecular formula is C12H15Cl2N5. The Bertz CT molecular complexity index is 527. The van der Waals surface area contributed by atoms with Gasteiger partial charge in [0.15, 0.2) is 11.9 Å². The molecule has 0 spiro atoms. The van der Waals surface area contributed by atoms with Crippen LogP contribution in [-0.4, -0.2) is 24.6 Å². The molecule has 0 aliphatic carbocycles. The van der Waals surface area contributed by atoms with Gasteiger partial charge in [-0.15, -0.1) is 0 Å². The van der Waals surface area contributed by atoms with Gasteiger partial charge in [-0.25, -0.2) is 9.98 Å². The Hall–Kier alpha value is -1.46. The third-order valence-electron chi connectivity index (χ3n) is 2.58. The summed E-state index contributed by atoms with van der Waals surface area (Å²) in [6.45, 7) is 2.58. The van der Waals surface area contributed by atoms with E-state index >= 15 is 0 Å². The average Bonchev–Trinajstić information content (AvgIpc) is 2.32. The first-order chi connectivity index (χ1) is 9.04. The highest BCUT2D eigenvalue weighted by molar-refractivity contribution is 6.42. The number of hydrogen-bond acceptors (Lipinski definition) is 5. The van der Waals surface area contributed by atoms with Gasteiger partial charge >= 0.3 is 0 Å². The normalized spacial score (nSPS) is 18.4. The molecule has 1 unspecified atom stereocenters. The summed E-state index contributed by atoms with van der Waals surface area (Å²) in [6.07, 6.45) is 0.650. The average molecular weight is 300 g/mol. The van der Waals surface area contributed by atoms with Crippen molar-refractivity contribution in [1.29, 1.82) is 0 Å². The molecule has 1 aliphatic heterocycles. The van der Waals surface area contributed by atoms with E-state index in [9.17, 15) is 0 Å². The molecule has 0 aromatic heterocycles. The van der Waals surface area contributed by atoms with Crippen LogP contribution in [0.15, 0.2) is 28.2 Å². The van der Waals surface area contributed by atoms with Gasteiger partial charge in [0.2, 0.25) is 0 Å². The van der Waals surface area contributed by atoms with Crippen molar-refractivity contribution >= 4 is 35.1 Å². The summed E-state index contributed by atoms with van der Waals surface area (Å²) < 4.78 is 0. The molecule has 1 aliphatic rings. The molecule has 1 aromatic rings. The predicted octanol–water partition coefficient (Wildman–Crippen LogP) is 1.75. The molecular weight excluding hydrogens is 285 g/mol. The van der Waals surface area contributed by atoms with Crippen molar-refractivity contribution in [2.75, 3.05) is 6.54 Å². The minimum Gasteiger partial charge on any atom is -0.370 e. The van der Waals surface area contributed by atoms with Crippen LogP contribution in [0.1, 0.15) is 12.5 Å². The van der Waals surface area contributed by atoms with Crippen molar-refractivity contribution in [3.63, 3.8) is 0 Å². The van der Waals surface area contributed by atoms with Crippen LogP contribution in [0.5, 0.6) is 0 Å². The van der Waals surface area contributed by atoms with Gasteiger partial charge in [-0.3, -0.25) is 5.32 Å². The van der Waals surface area contributed by atoms with E-state index in [4.69, 9.17) is 28.9 Å². The maximum absolute atomic E-state index is 5.96. The lowest BCUT2D eigenvalue weighted by atomic mass is 10.1. The molecule has 0 amide bonds. The molecule has 2 rings (SSSR count). The second-order valence-corrected chi connectivity index (χ2v) is 4.99. The molecule has 0 saturated heterocycles. The molecule has 0 fully saturated rings. The Balaban J connectivity index is 1.85. The largest absolute Gasteiger partial charge is 0.370 e. The van der Waals surface area contributed by atoms with Crippen LogP contribution in [0.3, 0.4) is 0 Å². The maximum Gasteiger partial charge on any atom is 0.200 e. The molecule has 1 atom stereocenters. The van der Waals surface area contributed by atoms with Crippen molar-refractivity contribution in [3.8, 4) is 0 Å². The van der Waals surface area contributed by atoms with E-state index in [2.05, 4.69) is 20.6 Å². The predicted molar refractivity (Wildman–Crippen MR) is 79.8 cm³/mol. The second-order valence-electron chi connectivity index (χ2n) is 4.17. The van der Waals surface area contributed by atoms with Crippen molar-refractivity contribution in [1.82, 2.24) is 10.6 Å². The van der Waals surface area contributed by atoms with Crippen molar-refractivity contribution in [2.45, 2.75) is 19.5 Å². The highest BCUT2D eigenvalue weighted by atomic mass is 35.5. The monoisotopic (exact) mass is 299 g/mol. The maximum atomic E-state index is 5.96. The van der Waals surface area contributed by atoms with Gasteiger partial charge in [0.25, 0.3) is 0 Å². The van der Waals surface area contributed by atoms with Gasteiger partial charge in [-0.1, -0.05) is 29.3 Å². The SMILES string of the molecule is CC1N=C(N)NC(NCCc2ccc(Cl)c(Cl)c2)=N1. The highest BCUT2D eigenvalue weighted by Crippen LogP contribution is 2.22. The summed E-state index contributed by atoms with van der Waals surface area (Å²) in [6, 6.07) is 5.60. The van der Waals surface area contributed by atoms with Crippen molar-refractivity contribution in [2.24, 2.45) is 15.7 Å². The summed E-state index contributed by atoms with van der Waals surface area (Å²) in [5, 5.41) is 7.17. The smallest absolute Gasteiger partial charge is 0.200 e. The minimum absolute atomic E-state index is 0.159. The van der Waals surface area contributed by atoms with E-state index in [1.165, 1.54) is 0 Å². The van der Waals surface area contributed by atoms with E-state index in [0.29, 0.717) is 28.5 Å². The Morgan fingerprint density at radius 1 is 1.32 bits per heavy atom. The zero-order valence-electron chi connectivity index (χ0n) is 10.5. The van der Waals surface area contributed by atoms with Gasteiger partial charge in [0.05, 0.1) is 10.0 Å². The Morgan fingerprint density at radius 2 is 2.11 bits per heavy atom. The van der Waals surface area contributed by atoms with E-state index < -0.39 is 0 Å². The molecule has 19 heavy (non-hydrogen) atoms. The summed E-state index contributed by atoms with van der Waals surface area (Å²) in [5.41, 5.74) is 6.73. The van der Waals surface area contributed by atoms with Crippen molar-refractivity contribution < 1.29 is 0 Å². The van der Waals surface area contributed by atoms with Gasteiger partial charge in [0, 0.05) is 6.54 Å². The molecule has 0 saturated carbocycles. The Labute approximate surface area is 121 Å². The van der Waals surface area contributed by atoms with E-state index in [-0.39, 0.29) is 6.17 Å². The third kappa shape index (κ3) is 4.01. The first-order valence-electron chi connectivity index (χ1n) is 5.90. The number of guanidine groups is 2. The molecule has 0 bridgehead atoms. The van der Waals surface area contributed by atoms with Crippen LogP contribution in [0.4, 0.5) is 0 Å². The fourth-order valence-electron chi connectivity index (χ4n) is 1.71. The lowest BCUT2D eigenvalue weighted by molar-refractivity contribution is 0.736. The molecule has 5 nitrogen and oxygen atoms in total. The Kier molecular flexibility index (Phi) is 4.50.